The van der Waals surface area contributed by atoms with Gasteiger partial charge in [-0.15, -0.1) is 0 Å². The third-order valence-corrected chi connectivity index (χ3v) is 4.60. The van der Waals surface area contributed by atoms with E-state index in [2.05, 4.69) is 14.5 Å². The summed E-state index contributed by atoms with van der Waals surface area (Å²) in [5.74, 6) is -0.497. The summed E-state index contributed by atoms with van der Waals surface area (Å²) < 4.78 is 44.0. The molecule has 0 aliphatic carbocycles. The lowest BCUT2D eigenvalue weighted by Gasteiger charge is -2.05. The zero-order valence-corrected chi connectivity index (χ0v) is 14.0. The standard InChI is InChI=1S/C13H15N3O9S/c17-13(14-18)24-9-7-22-6-8-23-11-12(16(19)25-15-11)26(20,21)10-4-2-1-3-5-10/h1-5,18H,6-9H2,(H,14,17). The molecule has 0 saturated heterocycles. The van der Waals surface area contributed by atoms with Gasteiger partial charge in [-0.05, 0) is 17.0 Å². The van der Waals surface area contributed by atoms with Crippen molar-refractivity contribution in [2.24, 2.45) is 0 Å². The molecular weight excluding hydrogens is 374 g/mol. The molecule has 2 aromatic rings. The molecule has 1 amide bonds. The Morgan fingerprint density at radius 2 is 1.92 bits per heavy atom. The number of carbonyl (C=O) groups excluding carboxylic acids is 1. The summed E-state index contributed by atoms with van der Waals surface area (Å²) in [6.45, 7) is -0.270. The number of ether oxygens (including phenoxy) is 3. The molecule has 2 N–H and O–H groups in total. The Morgan fingerprint density at radius 1 is 1.23 bits per heavy atom. The van der Waals surface area contributed by atoms with Crippen LogP contribution in [0, 0.1) is 5.21 Å². The van der Waals surface area contributed by atoms with Crippen LogP contribution in [0.15, 0.2) is 44.9 Å². The van der Waals surface area contributed by atoms with Crippen LogP contribution >= 0.6 is 0 Å². The second-order valence-corrected chi connectivity index (χ2v) is 6.43. The predicted octanol–water partition coefficient (Wildman–Crippen LogP) is -0.348. The molecule has 1 heterocycles. The van der Waals surface area contributed by atoms with Crippen LogP contribution in [0.25, 0.3) is 0 Å². The molecular formula is C13H15N3O9S. The van der Waals surface area contributed by atoms with Crippen molar-refractivity contribution in [1.29, 1.82) is 0 Å². The summed E-state index contributed by atoms with van der Waals surface area (Å²) >= 11 is 0. The van der Waals surface area contributed by atoms with Crippen molar-refractivity contribution < 1.29 is 42.2 Å². The lowest BCUT2D eigenvalue weighted by molar-refractivity contribution is -0.832. The summed E-state index contributed by atoms with van der Waals surface area (Å²) in [5.41, 5.74) is 1.28. The van der Waals surface area contributed by atoms with Gasteiger partial charge in [0.2, 0.25) is 0 Å². The summed E-state index contributed by atoms with van der Waals surface area (Å²) in [6.07, 6.45) is -1.02. The van der Waals surface area contributed by atoms with E-state index < -0.39 is 26.8 Å². The number of nitrogens with zero attached hydrogens (tertiary/aromatic N) is 2. The quantitative estimate of drug-likeness (QED) is 0.251. The van der Waals surface area contributed by atoms with E-state index in [9.17, 15) is 18.4 Å². The topological polar surface area (TPSA) is 164 Å². The molecule has 13 heteroatoms. The molecule has 0 unspecified atom stereocenters. The molecule has 0 bridgehead atoms. The SMILES string of the molecule is O=C(NO)OCCOCCOc1no[n+]([O-])c1S(=O)(=O)c1ccccc1. The Morgan fingerprint density at radius 3 is 2.62 bits per heavy atom. The zero-order valence-electron chi connectivity index (χ0n) is 13.2. The third kappa shape index (κ3) is 4.81. The van der Waals surface area contributed by atoms with Gasteiger partial charge in [-0.25, -0.2) is 18.7 Å². The first-order valence-electron chi connectivity index (χ1n) is 7.14. The molecule has 2 rings (SSSR count). The highest BCUT2D eigenvalue weighted by Gasteiger charge is 2.35. The summed E-state index contributed by atoms with van der Waals surface area (Å²) in [7, 11) is -4.18. The lowest BCUT2D eigenvalue weighted by atomic mass is 10.4. The van der Waals surface area contributed by atoms with Crippen LogP contribution in [0.1, 0.15) is 0 Å². The number of hydrogen-bond donors (Lipinski definition) is 2. The molecule has 1 aromatic heterocycles. The minimum atomic E-state index is -4.18. The number of amides is 1. The van der Waals surface area contributed by atoms with Gasteiger partial charge >= 0.3 is 17.0 Å². The maximum atomic E-state index is 12.5. The van der Waals surface area contributed by atoms with E-state index in [1.807, 2.05) is 0 Å². The van der Waals surface area contributed by atoms with Crippen LogP contribution < -0.4 is 15.1 Å². The van der Waals surface area contributed by atoms with E-state index in [0.717, 1.165) is 0 Å². The van der Waals surface area contributed by atoms with Crippen LogP contribution in [-0.2, 0) is 19.3 Å². The minimum Gasteiger partial charge on any atom is -0.452 e. The number of rotatable bonds is 9. The molecule has 0 fully saturated rings. The van der Waals surface area contributed by atoms with Crippen LogP contribution in [0.5, 0.6) is 5.88 Å². The van der Waals surface area contributed by atoms with Crippen LogP contribution in [0.4, 0.5) is 4.79 Å². The first-order valence-corrected chi connectivity index (χ1v) is 8.62. The number of carbonyl (C=O) groups is 1. The summed E-state index contributed by atoms with van der Waals surface area (Å²) in [4.78, 5) is 10.2. The molecule has 0 atom stereocenters. The van der Waals surface area contributed by atoms with Crippen molar-refractivity contribution in [3.05, 3.63) is 35.5 Å². The molecule has 26 heavy (non-hydrogen) atoms. The molecule has 0 aliphatic rings. The second kappa shape index (κ2) is 8.98. The van der Waals surface area contributed by atoms with E-state index in [-0.39, 0.29) is 36.2 Å². The van der Waals surface area contributed by atoms with Gasteiger partial charge in [-0.1, -0.05) is 18.2 Å². The van der Waals surface area contributed by atoms with Crippen molar-refractivity contribution in [2.75, 3.05) is 26.4 Å². The fraction of sp³-hybridized carbons (Fsp3) is 0.308. The smallest absolute Gasteiger partial charge is 0.431 e. The summed E-state index contributed by atoms with van der Waals surface area (Å²) in [5, 5.41) is 22.4. The number of benzene rings is 1. The second-order valence-electron chi connectivity index (χ2n) is 4.57. The fourth-order valence-corrected chi connectivity index (χ4v) is 3.06. The van der Waals surface area contributed by atoms with Crippen molar-refractivity contribution in [1.82, 2.24) is 10.6 Å². The van der Waals surface area contributed by atoms with Gasteiger partial charge in [0.15, 0.2) is 0 Å². The maximum Gasteiger partial charge on any atom is 0.431 e. The Bertz CT molecular complexity index is 823. The largest absolute Gasteiger partial charge is 0.452 e. The van der Waals surface area contributed by atoms with Gasteiger partial charge in [-0.2, -0.15) is 0 Å². The Balaban J connectivity index is 1.91. The minimum absolute atomic E-state index is 0.00627. The van der Waals surface area contributed by atoms with E-state index in [1.54, 1.807) is 6.07 Å². The number of aromatic nitrogens is 2. The van der Waals surface area contributed by atoms with E-state index >= 15 is 0 Å². The number of hydroxylamine groups is 1. The van der Waals surface area contributed by atoms with E-state index in [1.165, 1.54) is 29.7 Å². The highest BCUT2D eigenvalue weighted by molar-refractivity contribution is 7.91. The zero-order chi connectivity index (χ0) is 19.0. The summed E-state index contributed by atoms with van der Waals surface area (Å²) in [6, 6.07) is 7.27. The molecule has 0 aliphatic heterocycles. The predicted molar refractivity (Wildman–Crippen MR) is 79.9 cm³/mol. The van der Waals surface area contributed by atoms with Crippen molar-refractivity contribution in [2.45, 2.75) is 9.92 Å². The Hall–Kier alpha value is -2.90. The molecule has 1 aromatic carbocycles. The van der Waals surface area contributed by atoms with Gasteiger partial charge in [0.25, 0.3) is 9.84 Å². The van der Waals surface area contributed by atoms with Gasteiger partial charge in [0.05, 0.1) is 23.3 Å². The van der Waals surface area contributed by atoms with Crippen LogP contribution in [0.2, 0.25) is 0 Å². The normalized spacial score (nSPS) is 11.1. The van der Waals surface area contributed by atoms with Gasteiger partial charge in [0, 0.05) is 0 Å². The highest BCUT2D eigenvalue weighted by atomic mass is 32.2. The van der Waals surface area contributed by atoms with Gasteiger partial charge < -0.3 is 19.4 Å². The number of hydrogen-bond acceptors (Lipinski definition) is 10. The molecule has 0 radical (unpaired) electrons. The van der Waals surface area contributed by atoms with E-state index in [4.69, 9.17) is 14.7 Å². The monoisotopic (exact) mass is 389 g/mol. The molecule has 142 valence electrons. The maximum absolute atomic E-state index is 12.5. The Labute approximate surface area is 147 Å². The molecule has 0 spiro atoms. The molecule has 12 nitrogen and oxygen atoms in total. The van der Waals surface area contributed by atoms with Crippen molar-refractivity contribution in [3.8, 4) is 5.88 Å². The molecule has 0 saturated carbocycles. The van der Waals surface area contributed by atoms with Crippen LogP contribution in [0.3, 0.4) is 0 Å². The number of nitrogens with one attached hydrogen (secondary N) is 1. The third-order valence-electron chi connectivity index (χ3n) is 2.87. The lowest BCUT2D eigenvalue weighted by Crippen LogP contribution is -2.31. The fourth-order valence-electron chi connectivity index (χ4n) is 1.77. The van der Waals surface area contributed by atoms with Gasteiger partial charge in [-0.3, -0.25) is 9.84 Å². The first kappa shape index (κ1) is 19.4. The highest BCUT2D eigenvalue weighted by Crippen LogP contribution is 2.24. The Kier molecular flexibility index (Phi) is 6.71. The van der Waals surface area contributed by atoms with Crippen molar-refractivity contribution >= 4 is 15.9 Å². The van der Waals surface area contributed by atoms with Crippen molar-refractivity contribution in [3.63, 3.8) is 0 Å². The van der Waals surface area contributed by atoms with Gasteiger partial charge in [0.1, 0.15) is 13.2 Å². The number of sulfone groups is 1. The van der Waals surface area contributed by atoms with E-state index in [0.29, 0.717) is 0 Å². The first-order chi connectivity index (χ1) is 12.5. The van der Waals surface area contributed by atoms with Crippen LogP contribution in [-0.4, -0.2) is 51.3 Å². The average molecular weight is 389 g/mol. The average Bonchev–Trinajstić information content (AvgIpc) is 3.02.